The largest absolute Gasteiger partial charge is 0.477 e. The van der Waals surface area contributed by atoms with Crippen molar-refractivity contribution < 1.29 is 27.5 Å². The number of rotatable bonds is 3. The Bertz CT molecular complexity index is 654. The second-order valence-electron chi connectivity index (χ2n) is 3.65. The lowest BCUT2D eigenvalue weighted by atomic mass is 10.2. The predicted molar refractivity (Wildman–Crippen MR) is 63.8 cm³/mol. The minimum absolute atomic E-state index is 0.0370. The van der Waals surface area contributed by atoms with Gasteiger partial charge in [0.05, 0.1) is 11.8 Å². The molecule has 4 nitrogen and oxygen atoms in total. The number of benzene rings is 1. The van der Waals surface area contributed by atoms with Gasteiger partial charge in [-0.2, -0.15) is 13.2 Å². The van der Waals surface area contributed by atoms with Gasteiger partial charge in [-0.1, -0.05) is 11.3 Å². The number of anilines is 2. The van der Waals surface area contributed by atoms with Crippen molar-refractivity contribution in [3.05, 3.63) is 40.7 Å². The fraction of sp³-hybridized carbons (Fsp3) is 0.0909. The molecule has 0 saturated heterocycles. The first-order valence-corrected chi connectivity index (χ1v) is 5.92. The standard InChI is InChI=1S/C11H6F4N2O2S/c12-7-2-1-5(3-6(7)11(13,14)15)17-10-16-4-8(20-10)9(18)19/h1-4H,(H,16,17)(H,18,19). The number of nitrogens with one attached hydrogen (secondary N) is 1. The summed E-state index contributed by atoms with van der Waals surface area (Å²) in [5, 5.41) is 11.3. The molecule has 0 radical (unpaired) electrons. The monoisotopic (exact) mass is 306 g/mol. The molecule has 2 aromatic rings. The minimum atomic E-state index is -4.81. The highest BCUT2D eigenvalue weighted by Crippen LogP contribution is 2.34. The third-order valence-corrected chi connectivity index (χ3v) is 3.14. The number of carbonyl (C=O) groups is 1. The van der Waals surface area contributed by atoms with Crippen LogP contribution in [0.3, 0.4) is 0 Å². The van der Waals surface area contributed by atoms with Gasteiger partial charge < -0.3 is 10.4 Å². The Hall–Kier alpha value is -2.16. The zero-order valence-corrected chi connectivity index (χ0v) is 10.3. The number of alkyl halides is 3. The second-order valence-corrected chi connectivity index (χ2v) is 4.68. The van der Waals surface area contributed by atoms with Gasteiger partial charge >= 0.3 is 12.1 Å². The Kier molecular flexibility index (Phi) is 3.62. The fourth-order valence-corrected chi connectivity index (χ4v) is 2.05. The molecular formula is C11H6F4N2O2S. The SMILES string of the molecule is O=C(O)c1cnc(Nc2ccc(F)c(C(F)(F)F)c2)s1. The lowest BCUT2D eigenvalue weighted by molar-refractivity contribution is -0.139. The van der Waals surface area contributed by atoms with Crippen molar-refractivity contribution in [2.45, 2.75) is 6.18 Å². The lowest BCUT2D eigenvalue weighted by Crippen LogP contribution is -2.08. The van der Waals surface area contributed by atoms with Gasteiger partial charge in [-0.25, -0.2) is 14.2 Å². The van der Waals surface area contributed by atoms with Gasteiger partial charge in [0.25, 0.3) is 0 Å². The first-order valence-electron chi connectivity index (χ1n) is 5.10. The first kappa shape index (κ1) is 14.3. The number of hydrogen-bond donors (Lipinski definition) is 2. The molecule has 0 saturated carbocycles. The summed E-state index contributed by atoms with van der Waals surface area (Å²) in [6.07, 6.45) is -3.74. The molecular weight excluding hydrogens is 300 g/mol. The van der Waals surface area contributed by atoms with Crippen LogP contribution in [0.1, 0.15) is 15.2 Å². The minimum Gasteiger partial charge on any atom is -0.477 e. The van der Waals surface area contributed by atoms with E-state index in [2.05, 4.69) is 10.3 Å². The van der Waals surface area contributed by atoms with E-state index in [-0.39, 0.29) is 15.7 Å². The highest BCUT2D eigenvalue weighted by molar-refractivity contribution is 7.17. The summed E-state index contributed by atoms with van der Waals surface area (Å²) in [6.45, 7) is 0. The number of aromatic carboxylic acids is 1. The molecule has 0 aliphatic rings. The van der Waals surface area contributed by atoms with Crippen LogP contribution in [0.5, 0.6) is 0 Å². The summed E-state index contributed by atoms with van der Waals surface area (Å²) in [7, 11) is 0. The third kappa shape index (κ3) is 3.05. The van der Waals surface area contributed by atoms with Crippen LogP contribution in [0, 0.1) is 5.82 Å². The average molecular weight is 306 g/mol. The van der Waals surface area contributed by atoms with E-state index < -0.39 is 23.5 Å². The molecule has 2 N–H and O–H groups in total. The van der Waals surface area contributed by atoms with Crippen LogP contribution in [0.25, 0.3) is 0 Å². The molecule has 9 heteroatoms. The Morgan fingerprint density at radius 2 is 2.05 bits per heavy atom. The quantitative estimate of drug-likeness (QED) is 0.848. The normalized spacial score (nSPS) is 11.4. The summed E-state index contributed by atoms with van der Waals surface area (Å²) in [5.41, 5.74) is -1.44. The lowest BCUT2D eigenvalue weighted by Gasteiger charge is -2.10. The van der Waals surface area contributed by atoms with Crippen LogP contribution in [-0.2, 0) is 6.18 Å². The summed E-state index contributed by atoms with van der Waals surface area (Å²) >= 11 is 0.757. The maximum atomic E-state index is 13.1. The molecule has 0 fully saturated rings. The maximum Gasteiger partial charge on any atom is 0.419 e. The molecule has 0 amide bonds. The van der Waals surface area contributed by atoms with Crippen molar-refractivity contribution in [2.24, 2.45) is 0 Å². The van der Waals surface area contributed by atoms with Crippen LogP contribution in [0.15, 0.2) is 24.4 Å². The Balaban J connectivity index is 2.27. The summed E-state index contributed by atoms with van der Waals surface area (Å²) < 4.78 is 50.6. The van der Waals surface area contributed by atoms with Crippen molar-refractivity contribution in [3.8, 4) is 0 Å². The molecule has 0 spiro atoms. The van der Waals surface area contributed by atoms with Crippen molar-refractivity contribution in [3.63, 3.8) is 0 Å². The van der Waals surface area contributed by atoms with Crippen LogP contribution in [0.2, 0.25) is 0 Å². The van der Waals surface area contributed by atoms with Gasteiger partial charge in [0.1, 0.15) is 10.7 Å². The van der Waals surface area contributed by atoms with Gasteiger partial charge in [0.15, 0.2) is 5.13 Å². The number of thiazole rings is 1. The van der Waals surface area contributed by atoms with Gasteiger partial charge in [-0.15, -0.1) is 0 Å². The second kappa shape index (κ2) is 5.08. The van der Waals surface area contributed by atoms with E-state index in [1.807, 2.05) is 0 Å². The van der Waals surface area contributed by atoms with Crippen molar-refractivity contribution in [1.29, 1.82) is 0 Å². The number of aromatic nitrogens is 1. The van der Waals surface area contributed by atoms with E-state index >= 15 is 0 Å². The van der Waals surface area contributed by atoms with Crippen molar-refractivity contribution >= 4 is 28.1 Å². The third-order valence-electron chi connectivity index (χ3n) is 2.24. The average Bonchev–Trinajstić information content (AvgIpc) is 2.79. The van der Waals surface area contributed by atoms with Crippen LogP contribution in [0.4, 0.5) is 28.4 Å². The van der Waals surface area contributed by atoms with E-state index in [0.717, 1.165) is 23.6 Å². The molecule has 1 aromatic carbocycles. The molecule has 1 aromatic heterocycles. The van der Waals surface area contributed by atoms with Crippen molar-refractivity contribution in [1.82, 2.24) is 4.98 Å². The Labute approximate surface area is 113 Å². The molecule has 1 heterocycles. The smallest absolute Gasteiger partial charge is 0.419 e. The summed E-state index contributed by atoms with van der Waals surface area (Å²) in [5.74, 6) is -2.57. The molecule has 0 atom stereocenters. The number of nitrogens with zero attached hydrogens (tertiary/aromatic N) is 1. The van der Waals surface area contributed by atoms with Crippen LogP contribution < -0.4 is 5.32 Å². The molecule has 0 aliphatic carbocycles. The van der Waals surface area contributed by atoms with Gasteiger partial charge in [-0.3, -0.25) is 0 Å². The van der Waals surface area contributed by atoms with Crippen LogP contribution >= 0.6 is 11.3 Å². The van der Waals surface area contributed by atoms with E-state index in [4.69, 9.17) is 5.11 Å². The zero-order chi connectivity index (χ0) is 14.9. The summed E-state index contributed by atoms with van der Waals surface area (Å²) in [4.78, 5) is 14.3. The van der Waals surface area contributed by atoms with E-state index in [9.17, 15) is 22.4 Å². The predicted octanol–water partition coefficient (Wildman–Crippen LogP) is 3.74. The zero-order valence-electron chi connectivity index (χ0n) is 9.53. The van der Waals surface area contributed by atoms with Gasteiger partial charge in [-0.05, 0) is 18.2 Å². The Morgan fingerprint density at radius 1 is 1.35 bits per heavy atom. The molecule has 20 heavy (non-hydrogen) atoms. The fourth-order valence-electron chi connectivity index (χ4n) is 1.37. The highest BCUT2D eigenvalue weighted by Gasteiger charge is 2.34. The van der Waals surface area contributed by atoms with E-state index in [1.54, 1.807) is 0 Å². The number of carboxylic acid groups (broad SMARTS) is 1. The molecule has 106 valence electrons. The highest BCUT2D eigenvalue weighted by atomic mass is 32.1. The van der Waals surface area contributed by atoms with Crippen molar-refractivity contribution in [2.75, 3.05) is 5.32 Å². The molecule has 0 unspecified atom stereocenters. The molecule has 0 aliphatic heterocycles. The van der Waals surface area contributed by atoms with Gasteiger partial charge in [0, 0.05) is 5.69 Å². The number of hydrogen-bond acceptors (Lipinski definition) is 4. The van der Waals surface area contributed by atoms with E-state index in [1.165, 1.54) is 0 Å². The maximum absolute atomic E-state index is 13.1. The number of carboxylic acids is 1. The first-order chi connectivity index (χ1) is 9.27. The Morgan fingerprint density at radius 3 is 2.60 bits per heavy atom. The summed E-state index contributed by atoms with van der Waals surface area (Å²) in [6, 6.07) is 2.38. The van der Waals surface area contributed by atoms with E-state index in [0.29, 0.717) is 12.1 Å². The van der Waals surface area contributed by atoms with Gasteiger partial charge in [0.2, 0.25) is 0 Å². The topological polar surface area (TPSA) is 62.2 Å². The molecule has 2 rings (SSSR count). The number of halogens is 4. The van der Waals surface area contributed by atoms with Crippen LogP contribution in [-0.4, -0.2) is 16.1 Å². The molecule has 0 bridgehead atoms.